The number of halogens is 1. The molecule has 14 heavy (non-hydrogen) atoms. The third-order valence-corrected chi connectivity index (χ3v) is 2.39. The standard InChI is InChI=1S/C12H16ClN/c1-14-10-6-2-3-7-11-8-4-5-9-12(11)13/h2-5,8-9,14H,6-7,10H2,1H3. The van der Waals surface area contributed by atoms with E-state index in [9.17, 15) is 0 Å². The Morgan fingerprint density at radius 2 is 2.07 bits per heavy atom. The zero-order valence-electron chi connectivity index (χ0n) is 8.46. The van der Waals surface area contributed by atoms with Crippen LogP contribution in [0.25, 0.3) is 0 Å². The largest absolute Gasteiger partial charge is 0.319 e. The summed E-state index contributed by atoms with van der Waals surface area (Å²) >= 11 is 6.02. The first-order valence-electron chi connectivity index (χ1n) is 4.87. The van der Waals surface area contributed by atoms with Gasteiger partial charge in [0.25, 0.3) is 0 Å². The van der Waals surface area contributed by atoms with Gasteiger partial charge in [-0.1, -0.05) is 42.0 Å². The van der Waals surface area contributed by atoms with Gasteiger partial charge in [-0.25, -0.2) is 0 Å². The van der Waals surface area contributed by atoms with Crippen LogP contribution in [-0.4, -0.2) is 13.6 Å². The SMILES string of the molecule is CNCCC=CCc1ccccc1Cl. The molecular formula is C12H16ClN. The summed E-state index contributed by atoms with van der Waals surface area (Å²) in [4.78, 5) is 0. The van der Waals surface area contributed by atoms with Gasteiger partial charge in [-0.3, -0.25) is 0 Å². The Morgan fingerprint density at radius 3 is 2.79 bits per heavy atom. The molecule has 1 nitrogen and oxygen atoms in total. The molecule has 0 radical (unpaired) electrons. The highest BCUT2D eigenvalue weighted by atomic mass is 35.5. The third-order valence-electron chi connectivity index (χ3n) is 2.02. The lowest BCUT2D eigenvalue weighted by atomic mass is 10.1. The van der Waals surface area contributed by atoms with E-state index in [1.165, 1.54) is 5.56 Å². The van der Waals surface area contributed by atoms with Gasteiger partial charge in [-0.15, -0.1) is 0 Å². The van der Waals surface area contributed by atoms with E-state index in [2.05, 4.69) is 23.5 Å². The van der Waals surface area contributed by atoms with Crippen LogP contribution in [0.4, 0.5) is 0 Å². The molecular weight excluding hydrogens is 194 g/mol. The first-order valence-corrected chi connectivity index (χ1v) is 5.25. The number of hydrogen-bond acceptors (Lipinski definition) is 1. The number of hydrogen-bond donors (Lipinski definition) is 1. The topological polar surface area (TPSA) is 12.0 Å². The number of rotatable bonds is 5. The lowest BCUT2D eigenvalue weighted by Gasteiger charge is -1.98. The summed E-state index contributed by atoms with van der Waals surface area (Å²) in [6.45, 7) is 1.03. The van der Waals surface area contributed by atoms with Crippen molar-refractivity contribution in [2.24, 2.45) is 0 Å². The highest BCUT2D eigenvalue weighted by molar-refractivity contribution is 6.31. The van der Waals surface area contributed by atoms with E-state index >= 15 is 0 Å². The molecule has 0 fully saturated rings. The molecule has 1 N–H and O–H groups in total. The Labute approximate surface area is 90.8 Å². The lowest BCUT2D eigenvalue weighted by molar-refractivity contribution is 0.806. The predicted octanol–water partition coefficient (Wildman–Crippen LogP) is 3.05. The van der Waals surface area contributed by atoms with Crippen LogP contribution >= 0.6 is 11.6 Å². The second-order valence-corrected chi connectivity index (χ2v) is 3.57. The summed E-state index contributed by atoms with van der Waals surface area (Å²) in [5.74, 6) is 0. The third kappa shape index (κ3) is 3.95. The van der Waals surface area contributed by atoms with Gasteiger partial charge in [0.1, 0.15) is 0 Å². The minimum Gasteiger partial charge on any atom is -0.319 e. The van der Waals surface area contributed by atoms with Gasteiger partial charge in [0.05, 0.1) is 0 Å². The van der Waals surface area contributed by atoms with E-state index in [1.807, 2.05) is 25.2 Å². The van der Waals surface area contributed by atoms with Crippen LogP contribution in [0, 0.1) is 0 Å². The highest BCUT2D eigenvalue weighted by Crippen LogP contribution is 2.15. The Hall–Kier alpha value is -0.790. The van der Waals surface area contributed by atoms with Crippen LogP contribution in [-0.2, 0) is 6.42 Å². The Morgan fingerprint density at radius 1 is 1.29 bits per heavy atom. The van der Waals surface area contributed by atoms with Crippen LogP contribution in [0.1, 0.15) is 12.0 Å². The number of allylic oxidation sites excluding steroid dienone is 1. The predicted molar refractivity (Wildman–Crippen MR) is 62.8 cm³/mol. The van der Waals surface area contributed by atoms with Crippen molar-refractivity contribution in [1.82, 2.24) is 5.32 Å². The van der Waals surface area contributed by atoms with Gasteiger partial charge in [0.15, 0.2) is 0 Å². The van der Waals surface area contributed by atoms with Crippen LogP contribution < -0.4 is 5.32 Å². The van der Waals surface area contributed by atoms with Gasteiger partial charge in [0.2, 0.25) is 0 Å². The summed E-state index contributed by atoms with van der Waals surface area (Å²) in [5, 5.41) is 3.95. The molecule has 0 aliphatic carbocycles. The highest BCUT2D eigenvalue weighted by Gasteiger charge is 1.94. The molecule has 0 aliphatic heterocycles. The monoisotopic (exact) mass is 209 g/mol. The molecule has 0 bridgehead atoms. The van der Waals surface area contributed by atoms with Gasteiger partial charge in [-0.2, -0.15) is 0 Å². The van der Waals surface area contributed by atoms with Crippen LogP contribution in [0.3, 0.4) is 0 Å². The van der Waals surface area contributed by atoms with E-state index in [1.54, 1.807) is 0 Å². The van der Waals surface area contributed by atoms with Crippen molar-refractivity contribution in [2.75, 3.05) is 13.6 Å². The zero-order chi connectivity index (χ0) is 10.2. The van der Waals surface area contributed by atoms with Crippen molar-refractivity contribution in [3.8, 4) is 0 Å². The Bertz CT molecular complexity index is 294. The van der Waals surface area contributed by atoms with Crippen molar-refractivity contribution in [3.63, 3.8) is 0 Å². The van der Waals surface area contributed by atoms with E-state index in [0.717, 1.165) is 24.4 Å². The molecule has 0 aromatic heterocycles. The lowest BCUT2D eigenvalue weighted by Crippen LogP contribution is -2.05. The Kier molecular flexibility index (Phi) is 5.35. The van der Waals surface area contributed by atoms with E-state index in [4.69, 9.17) is 11.6 Å². The van der Waals surface area contributed by atoms with Gasteiger partial charge in [-0.05, 0) is 38.1 Å². The minimum atomic E-state index is 0.853. The smallest absolute Gasteiger partial charge is 0.0441 e. The summed E-state index contributed by atoms with van der Waals surface area (Å²) < 4.78 is 0. The fourth-order valence-corrected chi connectivity index (χ4v) is 1.43. The molecule has 0 unspecified atom stereocenters. The van der Waals surface area contributed by atoms with E-state index < -0.39 is 0 Å². The summed E-state index contributed by atoms with van der Waals surface area (Å²) in [7, 11) is 1.96. The molecule has 1 aromatic carbocycles. The van der Waals surface area contributed by atoms with Gasteiger partial charge < -0.3 is 5.32 Å². The molecule has 0 saturated carbocycles. The summed E-state index contributed by atoms with van der Waals surface area (Å²) in [5.41, 5.74) is 1.19. The maximum absolute atomic E-state index is 6.02. The van der Waals surface area contributed by atoms with E-state index in [-0.39, 0.29) is 0 Å². The van der Waals surface area contributed by atoms with Crippen molar-refractivity contribution < 1.29 is 0 Å². The normalized spacial score (nSPS) is 11.0. The molecule has 0 atom stereocenters. The molecule has 0 saturated heterocycles. The van der Waals surface area contributed by atoms with Crippen LogP contribution in [0.2, 0.25) is 5.02 Å². The number of nitrogens with one attached hydrogen (secondary N) is 1. The zero-order valence-corrected chi connectivity index (χ0v) is 9.22. The first-order chi connectivity index (χ1) is 6.84. The molecule has 76 valence electrons. The molecule has 0 aliphatic rings. The van der Waals surface area contributed by atoms with Crippen LogP contribution in [0.5, 0.6) is 0 Å². The Balaban J connectivity index is 2.38. The molecule has 1 aromatic rings. The van der Waals surface area contributed by atoms with Gasteiger partial charge in [0, 0.05) is 5.02 Å². The number of benzene rings is 1. The maximum atomic E-state index is 6.02. The maximum Gasteiger partial charge on any atom is 0.0441 e. The molecule has 2 heteroatoms. The van der Waals surface area contributed by atoms with Crippen molar-refractivity contribution in [2.45, 2.75) is 12.8 Å². The second-order valence-electron chi connectivity index (χ2n) is 3.16. The fourth-order valence-electron chi connectivity index (χ4n) is 1.22. The molecule has 0 spiro atoms. The summed E-state index contributed by atoms with van der Waals surface area (Å²) in [6, 6.07) is 7.96. The fraction of sp³-hybridized carbons (Fsp3) is 0.333. The quantitative estimate of drug-likeness (QED) is 0.581. The van der Waals surface area contributed by atoms with Crippen LogP contribution in [0.15, 0.2) is 36.4 Å². The average Bonchev–Trinajstić information content (AvgIpc) is 2.20. The summed E-state index contributed by atoms with van der Waals surface area (Å²) in [6.07, 6.45) is 6.34. The minimum absolute atomic E-state index is 0.853. The van der Waals surface area contributed by atoms with Crippen molar-refractivity contribution in [1.29, 1.82) is 0 Å². The molecule has 0 heterocycles. The molecule has 1 rings (SSSR count). The van der Waals surface area contributed by atoms with Crippen molar-refractivity contribution in [3.05, 3.63) is 47.0 Å². The first kappa shape index (κ1) is 11.3. The van der Waals surface area contributed by atoms with Gasteiger partial charge >= 0.3 is 0 Å². The molecule has 0 amide bonds. The van der Waals surface area contributed by atoms with E-state index in [0.29, 0.717) is 0 Å². The second kappa shape index (κ2) is 6.63. The average molecular weight is 210 g/mol. The van der Waals surface area contributed by atoms with Crippen molar-refractivity contribution >= 4 is 11.6 Å².